The third-order valence-electron chi connectivity index (χ3n) is 3.20. The van der Waals surface area contributed by atoms with Crippen molar-refractivity contribution in [1.29, 1.82) is 0 Å². The summed E-state index contributed by atoms with van der Waals surface area (Å²) < 4.78 is 0. The first-order chi connectivity index (χ1) is 8.47. The summed E-state index contributed by atoms with van der Waals surface area (Å²) in [6, 6.07) is -0.413. The number of carbonyl (C=O) groups is 2. The Morgan fingerprint density at radius 1 is 1.44 bits per heavy atom. The number of likely N-dealkylation sites (N-methyl/N-ethyl adjacent to an activating group) is 1. The fourth-order valence-electron chi connectivity index (χ4n) is 2.27. The molecule has 0 saturated carbocycles. The molecule has 18 heavy (non-hydrogen) atoms. The Kier molecular flexibility index (Phi) is 5.59. The van der Waals surface area contributed by atoms with Crippen molar-refractivity contribution in [3.63, 3.8) is 0 Å². The van der Waals surface area contributed by atoms with Gasteiger partial charge in [0.15, 0.2) is 0 Å². The number of hydrogen-bond acceptors (Lipinski definition) is 3. The van der Waals surface area contributed by atoms with Crippen molar-refractivity contribution in [3.05, 3.63) is 0 Å². The molecule has 0 aliphatic carbocycles. The fourth-order valence-corrected chi connectivity index (χ4v) is 2.27. The van der Waals surface area contributed by atoms with Gasteiger partial charge in [0, 0.05) is 12.6 Å². The van der Waals surface area contributed by atoms with Crippen LogP contribution >= 0.6 is 0 Å². The van der Waals surface area contributed by atoms with Crippen LogP contribution in [-0.2, 0) is 9.59 Å². The van der Waals surface area contributed by atoms with E-state index in [0.29, 0.717) is 6.54 Å². The topological polar surface area (TPSA) is 61.4 Å². The van der Waals surface area contributed by atoms with Crippen LogP contribution in [0, 0.1) is 0 Å². The largest absolute Gasteiger partial charge is 0.352 e. The molecule has 0 bridgehead atoms. The lowest BCUT2D eigenvalue weighted by molar-refractivity contribution is -0.144. The first-order valence-corrected chi connectivity index (χ1v) is 6.81. The van der Waals surface area contributed by atoms with Gasteiger partial charge in [-0.15, -0.1) is 0 Å². The number of likely N-dealkylation sites (tertiary alicyclic amines) is 1. The van der Waals surface area contributed by atoms with E-state index < -0.39 is 0 Å². The molecule has 1 heterocycles. The molecule has 0 spiro atoms. The summed E-state index contributed by atoms with van der Waals surface area (Å²) in [6.45, 7) is 9.07. The number of carbonyl (C=O) groups excluding carboxylic acids is 2. The fraction of sp³-hybridized carbons (Fsp3) is 0.846. The summed E-state index contributed by atoms with van der Waals surface area (Å²) in [6.07, 6.45) is 1.81. The molecule has 1 saturated heterocycles. The second-order valence-electron chi connectivity index (χ2n) is 5.12. The molecule has 2 amide bonds. The Hall–Kier alpha value is -1.10. The number of piperidine rings is 1. The van der Waals surface area contributed by atoms with E-state index in [1.165, 1.54) is 0 Å². The summed E-state index contributed by atoms with van der Waals surface area (Å²) in [7, 11) is 0. The van der Waals surface area contributed by atoms with E-state index in [1.807, 2.05) is 20.8 Å². The number of rotatable bonds is 5. The van der Waals surface area contributed by atoms with Crippen LogP contribution in [0.3, 0.4) is 0 Å². The molecule has 104 valence electrons. The number of hydrogen-bond donors (Lipinski definition) is 2. The predicted octanol–water partition coefficient (Wildman–Crippen LogP) is 0.500. The van der Waals surface area contributed by atoms with Crippen molar-refractivity contribution in [2.45, 2.75) is 58.7 Å². The maximum absolute atomic E-state index is 12.2. The highest BCUT2D eigenvalue weighted by Gasteiger charge is 2.33. The lowest BCUT2D eigenvalue weighted by Crippen LogP contribution is -2.57. The van der Waals surface area contributed by atoms with Crippen molar-refractivity contribution >= 4 is 11.8 Å². The van der Waals surface area contributed by atoms with Gasteiger partial charge in [-0.2, -0.15) is 0 Å². The summed E-state index contributed by atoms with van der Waals surface area (Å²) >= 11 is 0. The Labute approximate surface area is 109 Å². The second-order valence-corrected chi connectivity index (χ2v) is 5.12. The minimum Gasteiger partial charge on any atom is -0.352 e. The van der Waals surface area contributed by atoms with Crippen molar-refractivity contribution in [2.24, 2.45) is 0 Å². The lowest BCUT2D eigenvalue weighted by Gasteiger charge is -2.36. The molecule has 1 rings (SSSR count). The van der Waals surface area contributed by atoms with Gasteiger partial charge in [0.25, 0.3) is 0 Å². The van der Waals surface area contributed by atoms with Crippen molar-refractivity contribution in [3.8, 4) is 0 Å². The SMILES string of the molecule is CCNC1CCCN(C(C)C(=O)NC(C)C)C1=O. The molecule has 1 fully saturated rings. The Balaban J connectivity index is 2.63. The lowest BCUT2D eigenvalue weighted by atomic mass is 10.0. The molecule has 2 atom stereocenters. The summed E-state index contributed by atoms with van der Waals surface area (Å²) in [5, 5.41) is 6.03. The van der Waals surface area contributed by atoms with Gasteiger partial charge >= 0.3 is 0 Å². The van der Waals surface area contributed by atoms with Gasteiger partial charge < -0.3 is 15.5 Å². The zero-order valence-electron chi connectivity index (χ0n) is 11.8. The van der Waals surface area contributed by atoms with Crippen LogP contribution in [0.4, 0.5) is 0 Å². The van der Waals surface area contributed by atoms with Crippen LogP contribution in [0.25, 0.3) is 0 Å². The predicted molar refractivity (Wildman–Crippen MR) is 71.2 cm³/mol. The molecule has 1 aliphatic heterocycles. The Morgan fingerprint density at radius 2 is 2.11 bits per heavy atom. The average Bonchev–Trinajstić information content (AvgIpc) is 2.30. The van der Waals surface area contributed by atoms with Gasteiger partial charge in [0.1, 0.15) is 6.04 Å². The second kappa shape index (κ2) is 6.73. The molecule has 0 aromatic carbocycles. The number of nitrogens with one attached hydrogen (secondary N) is 2. The van der Waals surface area contributed by atoms with E-state index in [0.717, 1.165) is 19.4 Å². The minimum absolute atomic E-state index is 0.0505. The maximum Gasteiger partial charge on any atom is 0.242 e. The molecule has 5 nitrogen and oxygen atoms in total. The van der Waals surface area contributed by atoms with Crippen molar-refractivity contribution in [1.82, 2.24) is 15.5 Å². The molecule has 5 heteroatoms. The van der Waals surface area contributed by atoms with Crippen LogP contribution < -0.4 is 10.6 Å². The molecular formula is C13H25N3O2. The van der Waals surface area contributed by atoms with Crippen LogP contribution in [0.5, 0.6) is 0 Å². The molecule has 0 aromatic rings. The minimum atomic E-state index is -0.388. The highest BCUT2D eigenvalue weighted by Crippen LogP contribution is 2.15. The van der Waals surface area contributed by atoms with Gasteiger partial charge in [-0.25, -0.2) is 0 Å². The molecule has 2 unspecified atom stereocenters. The zero-order chi connectivity index (χ0) is 13.7. The van der Waals surface area contributed by atoms with Gasteiger partial charge in [-0.1, -0.05) is 6.92 Å². The normalized spacial score (nSPS) is 22.2. The monoisotopic (exact) mass is 255 g/mol. The number of amides is 2. The zero-order valence-corrected chi connectivity index (χ0v) is 11.8. The highest BCUT2D eigenvalue weighted by molar-refractivity contribution is 5.90. The molecule has 2 N–H and O–H groups in total. The first-order valence-electron chi connectivity index (χ1n) is 6.81. The number of nitrogens with zero attached hydrogens (tertiary/aromatic N) is 1. The van der Waals surface area contributed by atoms with Crippen LogP contribution in [-0.4, -0.2) is 47.9 Å². The van der Waals surface area contributed by atoms with Crippen LogP contribution in [0.15, 0.2) is 0 Å². The highest BCUT2D eigenvalue weighted by atomic mass is 16.2. The van der Waals surface area contributed by atoms with E-state index in [2.05, 4.69) is 10.6 Å². The third kappa shape index (κ3) is 3.70. The maximum atomic E-state index is 12.2. The van der Waals surface area contributed by atoms with Gasteiger partial charge in [0.2, 0.25) is 11.8 Å². The molecule has 0 aromatic heterocycles. The molecular weight excluding hydrogens is 230 g/mol. The van der Waals surface area contributed by atoms with Gasteiger partial charge in [-0.3, -0.25) is 9.59 Å². The molecule has 1 aliphatic rings. The quantitative estimate of drug-likeness (QED) is 0.752. The van der Waals surface area contributed by atoms with E-state index >= 15 is 0 Å². The van der Waals surface area contributed by atoms with Gasteiger partial charge in [-0.05, 0) is 40.2 Å². The Morgan fingerprint density at radius 3 is 2.67 bits per heavy atom. The molecule has 0 radical (unpaired) electrons. The van der Waals surface area contributed by atoms with E-state index in [4.69, 9.17) is 0 Å². The summed E-state index contributed by atoms with van der Waals surface area (Å²) in [5.41, 5.74) is 0. The van der Waals surface area contributed by atoms with E-state index in [-0.39, 0.29) is 29.9 Å². The van der Waals surface area contributed by atoms with E-state index in [1.54, 1.807) is 11.8 Å². The van der Waals surface area contributed by atoms with Gasteiger partial charge in [0.05, 0.1) is 6.04 Å². The summed E-state index contributed by atoms with van der Waals surface area (Å²) in [5.74, 6) is -0.0231. The van der Waals surface area contributed by atoms with Crippen LogP contribution in [0.1, 0.15) is 40.5 Å². The first kappa shape index (κ1) is 15.0. The van der Waals surface area contributed by atoms with Crippen molar-refractivity contribution < 1.29 is 9.59 Å². The summed E-state index contributed by atoms with van der Waals surface area (Å²) in [4.78, 5) is 25.9. The third-order valence-corrected chi connectivity index (χ3v) is 3.20. The standard InChI is InChI=1S/C13H25N3O2/c1-5-14-11-7-6-8-16(13(11)18)10(4)12(17)15-9(2)3/h9-11,14H,5-8H2,1-4H3,(H,15,17). The van der Waals surface area contributed by atoms with E-state index in [9.17, 15) is 9.59 Å². The van der Waals surface area contributed by atoms with Crippen molar-refractivity contribution in [2.75, 3.05) is 13.1 Å². The average molecular weight is 255 g/mol. The Bertz CT molecular complexity index is 303. The van der Waals surface area contributed by atoms with Crippen LogP contribution in [0.2, 0.25) is 0 Å². The smallest absolute Gasteiger partial charge is 0.242 e.